The Hall–Kier alpha value is -1.65. The molecule has 1 aliphatic carbocycles. The number of carbonyl (C=O) groups excluding carboxylic acids is 1. The Kier molecular flexibility index (Phi) is 3.56. The maximum absolute atomic E-state index is 11.7. The number of aromatic amines is 1. The first-order valence-electron chi connectivity index (χ1n) is 6.03. The van der Waals surface area contributed by atoms with Crippen molar-refractivity contribution in [2.45, 2.75) is 39.5 Å². The number of hydrogen-bond acceptors (Lipinski definition) is 3. The molecule has 0 unspecified atom stereocenters. The van der Waals surface area contributed by atoms with Gasteiger partial charge in [0.2, 0.25) is 0 Å². The maximum Gasteiger partial charge on any atom is 0.291 e. The van der Waals surface area contributed by atoms with Crippen LogP contribution in [0.3, 0.4) is 0 Å². The maximum atomic E-state index is 11.7. The van der Waals surface area contributed by atoms with E-state index in [0.717, 1.165) is 30.7 Å². The molecule has 1 atom stereocenters. The average molecular weight is 234 g/mol. The summed E-state index contributed by atoms with van der Waals surface area (Å²) in [5.74, 6) is 0.423. The fourth-order valence-corrected chi connectivity index (χ4v) is 2.08. The Bertz CT molecular complexity index is 435. The molecule has 0 radical (unpaired) electrons. The van der Waals surface area contributed by atoms with Crippen LogP contribution >= 0.6 is 0 Å². The first-order chi connectivity index (χ1) is 8.15. The van der Waals surface area contributed by atoms with Crippen molar-refractivity contribution in [3.05, 3.63) is 17.5 Å². The highest BCUT2D eigenvalue weighted by Crippen LogP contribution is 2.20. The fraction of sp³-hybridized carbons (Fsp3) is 0.583. The number of amides is 1. The minimum absolute atomic E-state index is 0.250. The van der Waals surface area contributed by atoms with Crippen LogP contribution in [0.2, 0.25) is 0 Å². The zero-order valence-corrected chi connectivity index (χ0v) is 10.3. The van der Waals surface area contributed by atoms with E-state index in [1.54, 1.807) is 6.07 Å². The standard InChI is InChI=1S/C12H18N4O/c1-8-4-3-5-10(6-8)14-16-12(17)11-7-9(2)13-15-11/h7-8H,3-6H2,1-2H3,(H,13,15)(H,16,17)/t8-/m1/s1. The highest BCUT2D eigenvalue weighted by Gasteiger charge is 2.15. The van der Waals surface area contributed by atoms with E-state index in [1.165, 1.54) is 6.42 Å². The molecule has 1 aromatic rings. The van der Waals surface area contributed by atoms with Crippen LogP contribution in [0.15, 0.2) is 11.2 Å². The van der Waals surface area contributed by atoms with E-state index in [2.05, 4.69) is 27.6 Å². The average Bonchev–Trinajstić information content (AvgIpc) is 2.73. The molecular weight excluding hydrogens is 216 g/mol. The quantitative estimate of drug-likeness (QED) is 0.768. The molecule has 1 saturated carbocycles. The van der Waals surface area contributed by atoms with Crippen molar-refractivity contribution in [3.8, 4) is 0 Å². The van der Waals surface area contributed by atoms with Crippen molar-refractivity contribution >= 4 is 11.6 Å². The second-order valence-electron chi connectivity index (χ2n) is 4.76. The van der Waals surface area contributed by atoms with Gasteiger partial charge in [0, 0.05) is 11.4 Å². The van der Waals surface area contributed by atoms with E-state index in [-0.39, 0.29) is 5.91 Å². The van der Waals surface area contributed by atoms with Gasteiger partial charge in [0.1, 0.15) is 0 Å². The molecule has 2 N–H and O–H groups in total. The SMILES string of the molecule is Cc1cc(C(=O)NN=C2CCC[C@@H](C)C2)n[nH]1. The van der Waals surface area contributed by atoms with Crippen LogP contribution in [-0.4, -0.2) is 21.8 Å². The topological polar surface area (TPSA) is 70.1 Å². The lowest BCUT2D eigenvalue weighted by atomic mass is 9.89. The summed E-state index contributed by atoms with van der Waals surface area (Å²) in [7, 11) is 0. The second kappa shape index (κ2) is 5.12. The van der Waals surface area contributed by atoms with Crippen molar-refractivity contribution in [2.75, 3.05) is 0 Å². The number of carbonyl (C=O) groups is 1. The summed E-state index contributed by atoms with van der Waals surface area (Å²) in [4.78, 5) is 11.7. The molecule has 1 fully saturated rings. The van der Waals surface area contributed by atoms with Crippen molar-refractivity contribution in [1.82, 2.24) is 15.6 Å². The lowest BCUT2D eigenvalue weighted by molar-refractivity contribution is 0.0949. The van der Waals surface area contributed by atoms with Crippen LogP contribution in [0.5, 0.6) is 0 Å². The van der Waals surface area contributed by atoms with Crippen molar-refractivity contribution in [2.24, 2.45) is 11.0 Å². The highest BCUT2D eigenvalue weighted by molar-refractivity contribution is 5.94. The molecule has 1 aliphatic rings. The monoisotopic (exact) mass is 234 g/mol. The number of nitrogens with one attached hydrogen (secondary N) is 2. The number of hydrogen-bond donors (Lipinski definition) is 2. The van der Waals surface area contributed by atoms with Crippen LogP contribution in [0.1, 0.15) is 48.8 Å². The summed E-state index contributed by atoms with van der Waals surface area (Å²) in [6, 6.07) is 1.71. The molecular formula is C12H18N4O. The normalized spacial score (nSPS) is 22.7. The fourth-order valence-electron chi connectivity index (χ4n) is 2.08. The van der Waals surface area contributed by atoms with Crippen LogP contribution in [0.4, 0.5) is 0 Å². The Morgan fingerprint density at radius 1 is 1.65 bits per heavy atom. The smallest absolute Gasteiger partial charge is 0.282 e. The van der Waals surface area contributed by atoms with Gasteiger partial charge in [0.15, 0.2) is 5.69 Å². The number of hydrazone groups is 1. The number of nitrogens with zero attached hydrogens (tertiary/aromatic N) is 2. The molecule has 17 heavy (non-hydrogen) atoms. The Morgan fingerprint density at radius 2 is 2.47 bits per heavy atom. The molecule has 5 nitrogen and oxygen atoms in total. The molecule has 1 aromatic heterocycles. The van der Waals surface area contributed by atoms with Crippen LogP contribution in [-0.2, 0) is 0 Å². The van der Waals surface area contributed by atoms with Gasteiger partial charge in [-0.2, -0.15) is 10.2 Å². The molecule has 1 amide bonds. The van der Waals surface area contributed by atoms with Gasteiger partial charge in [-0.15, -0.1) is 0 Å². The second-order valence-corrected chi connectivity index (χ2v) is 4.76. The lowest BCUT2D eigenvalue weighted by Crippen LogP contribution is -2.22. The number of aromatic nitrogens is 2. The third-order valence-corrected chi connectivity index (χ3v) is 3.00. The molecule has 0 aromatic carbocycles. The predicted molar refractivity (Wildman–Crippen MR) is 65.9 cm³/mol. The highest BCUT2D eigenvalue weighted by atomic mass is 16.2. The lowest BCUT2D eigenvalue weighted by Gasteiger charge is -2.18. The molecule has 1 heterocycles. The number of H-pyrrole nitrogens is 1. The summed E-state index contributed by atoms with van der Waals surface area (Å²) in [6.45, 7) is 4.08. The van der Waals surface area contributed by atoms with Crippen LogP contribution in [0, 0.1) is 12.8 Å². The summed E-state index contributed by atoms with van der Waals surface area (Å²) in [5, 5.41) is 10.8. The largest absolute Gasteiger partial charge is 0.291 e. The minimum atomic E-state index is -0.250. The molecule has 0 saturated heterocycles. The van der Waals surface area contributed by atoms with Gasteiger partial charge >= 0.3 is 0 Å². The molecule has 92 valence electrons. The van der Waals surface area contributed by atoms with Gasteiger partial charge in [-0.05, 0) is 44.6 Å². The predicted octanol–water partition coefficient (Wildman–Crippen LogP) is 2.01. The van der Waals surface area contributed by atoms with Gasteiger partial charge in [-0.3, -0.25) is 9.89 Å². The summed E-state index contributed by atoms with van der Waals surface area (Å²) in [6.07, 6.45) is 4.40. The Balaban J connectivity index is 1.93. The Labute approximate surface area is 101 Å². The number of rotatable bonds is 2. The first-order valence-corrected chi connectivity index (χ1v) is 6.03. The van der Waals surface area contributed by atoms with E-state index in [1.807, 2.05) is 6.92 Å². The molecule has 0 bridgehead atoms. The van der Waals surface area contributed by atoms with E-state index in [9.17, 15) is 4.79 Å². The van der Waals surface area contributed by atoms with E-state index >= 15 is 0 Å². The summed E-state index contributed by atoms with van der Waals surface area (Å²) in [5.41, 5.74) is 4.91. The number of aryl methyl sites for hydroxylation is 1. The van der Waals surface area contributed by atoms with Gasteiger partial charge in [-0.1, -0.05) is 6.92 Å². The van der Waals surface area contributed by atoms with Crippen LogP contribution < -0.4 is 5.43 Å². The third kappa shape index (κ3) is 3.15. The van der Waals surface area contributed by atoms with Gasteiger partial charge < -0.3 is 0 Å². The van der Waals surface area contributed by atoms with E-state index in [0.29, 0.717) is 11.6 Å². The zero-order valence-electron chi connectivity index (χ0n) is 10.3. The van der Waals surface area contributed by atoms with Gasteiger partial charge in [0.25, 0.3) is 5.91 Å². The summed E-state index contributed by atoms with van der Waals surface area (Å²) >= 11 is 0. The molecule has 5 heteroatoms. The first kappa shape index (κ1) is 11.8. The molecule has 0 aliphatic heterocycles. The zero-order chi connectivity index (χ0) is 12.3. The molecule has 0 spiro atoms. The van der Waals surface area contributed by atoms with Crippen LogP contribution in [0.25, 0.3) is 0 Å². The van der Waals surface area contributed by atoms with Crippen molar-refractivity contribution in [3.63, 3.8) is 0 Å². The van der Waals surface area contributed by atoms with Gasteiger partial charge in [0.05, 0.1) is 0 Å². The van der Waals surface area contributed by atoms with E-state index < -0.39 is 0 Å². The van der Waals surface area contributed by atoms with Crippen molar-refractivity contribution < 1.29 is 4.79 Å². The van der Waals surface area contributed by atoms with Crippen molar-refractivity contribution in [1.29, 1.82) is 0 Å². The third-order valence-electron chi connectivity index (χ3n) is 3.00. The minimum Gasteiger partial charge on any atom is -0.282 e. The van der Waals surface area contributed by atoms with Gasteiger partial charge in [-0.25, -0.2) is 5.43 Å². The van der Waals surface area contributed by atoms with E-state index in [4.69, 9.17) is 0 Å². The summed E-state index contributed by atoms with van der Waals surface area (Å²) < 4.78 is 0. The Morgan fingerprint density at radius 3 is 3.12 bits per heavy atom. The molecule has 2 rings (SSSR count).